The molecule has 2 heterocycles. The molecule has 0 fully saturated rings. The molecule has 1 aromatic heterocycles. The number of hydrogen-bond donors (Lipinski definition) is 0. The zero-order valence-corrected chi connectivity index (χ0v) is 11.4. The Morgan fingerprint density at radius 2 is 1.90 bits per heavy atom. The molecule has 2 aromatic rings. The molecule has 1 aliphatic rings. The van der Waals surface area contributed by atoms with Crippen molar-refractivity contribution < 1.29 is 9.47 Å². The fourth-order valence-corrected chi connectivity index (χ4v) is 2.63. The van der Waals surface area contributed by atoms with Gasteiger partial charge in [-0.25, -0.2) is 9.97 Å². The Hall–Kier alpha value is -2.26. The van der Waals surface area contributed by atoms with Gasteiger partial charge in [-0.2, -0.15) is 5.26 Å². The summed E-state index contributed by atoms with van der Waals surface area (Å²) in [4.78, 5) is 9.11. The lowest BCUT2D eigenvalue weighted by Crippen LogP contribution is -1.97. The van der Waals surface area contributed by atoms with Crippen LogP contribution in [0.5, 0.6) is 11.5 Å². The van der Waals surface area contributed by atoms with Crippen LogP contribution in [-0.2, 0) is 0 Å². The van der Waals surface area contributed by atoms with Crippen molar-refractivity contribution >= 4 is 11.8 Å². The van der Waals surface area contributed by atoms with E-state index in [2.05, 4.69) is 9.97 Å². The average molecular weight is 285 g/mol. The van der Waals surface area contributed by atoms with Crippen LogP contribution >= 0.6 is 11.8 Å². The monoisotopic (exact) mass is 285 g/mol. The number of nitrogens with zero attached hydrogens (tertiary/aromatic N) is 3. The Balaban J connectivity index is 1.88. The van der Waals surface area contributed by atoms with Gasteiger partial charge in [0.15, 0.2) is 17.2 Å². The Bertz CT molecular complexity index is 670. The standard InChI is InChI=1S/C14H11N3O2S/c15-9-11-14(17-5-4-16-11)20-10-2-3-12-13(8-10)19-7-1-6-18-12/h2-5,8H,1,6-7H2. The van der Waals surface area contributed by atoms with Gasteiger partial charge in [0.25, 0.3) is 0 Å². The summed E-state index contributed by atoms with van der Waals surface area (Å²) in [5.41, 5.74) is 0.324. The van der Waals surface area contributed by atoms with E-state index in [0.29, 0.717) is 23.9 Å². The lowest BCUT2D eigenvalue weighted by molar-refractivity contribution is 0.297. The first-order valence-electron chi connectivity index (χ1n) is 6.15. The van der Waals surface area contributed by atoms with Crippen molar-refractivity contribution in [2.75, 3.05) is 13.2 Å². The first-order chi connectivity index (χ1) is 9.86. The molecular weight excluding hydrogens is 274 g/mol. The first-order valence-corrected chi connectivity index (χ1v) is 6.97. The third kappa shape index (κ3) is 2.68. The highest BCUT2D eigenvalue weighted by Gasteiger charge is 2.13. The fourth-order valence-electron chi connectivity index (χ4n) is 1.80. The van der Waals surface area contributed by atoms with Crippen LogP contribution in [0.15, 0.2) is 40.5 Å². The van der Waals surface area contributed by atoms with Gasteiger partial charge in [0.1, 0.15) is 11.1 Å². The van der Waals surface area contributed by atoms with Crippen molar-refractivity contribution in [3.05, 3.63) is 36.3 Å². The van der Waals surface area contributed by atoms with E-state index in [0.717, 1.165) is 22.8 Å². The van der Waals surface area contributed by atoms with Crippen molar-refractivity contribution in [3.63, 3.8) is 0 Å². The molecule has 0 bridgehead atoms. The van der Waals surface area contributed by atoms with E-state index in [1.807, 2.05) is 24.3 Å². The number of aromatic nitrogens is 2. The second-order valence-electron chi connectivity index (χ2n) is 4.08. The predicted molar refractivity (Wildman–Crippen MR) is 72.9 cm³/mol. The van der Waals surface area contributed by atoms with Gasteiger partial charge in [0, 0.05) is 23.7 Å². The van der Waals surface area contributed by atoms with Crippen molar-refractivity contribution in [1.82, 2.24) is 9.97 Å². The van der Waals surface area contributed by atoms with Gasteiger partial charge in [-0.3, -0.25) is 0 Å². The summed E-state index contributed by atoms with van der Waals surface area (Å²) < 4.78 is 11.2. The molecule has 0 saturated heterocycles. The molecule has 0 saturated carbocycles. The quantitative estimate of drug-likeness (QED) is 0.845. The Labute approximate surface area is 120 Å². The van der Waals surface area contributed by atoms with Crippen LogP contribution in [0.2, 0.25) is 0 Å². The molecule has 20 heavy (non-hydrogen) atoms. The Kier molecular flexibility index (Phi) is 3.70. The average Bonchev–Trinajstić information content (AvgIpc) is 2.72. The highest BCUT2D eigenvalue weighted by Crippen LogP contribution is 2.36. The lowest BCUT2D eigenvalue weighted by atomic mass is 10.3. The van der Waals surface area contributed by atoms with Crippen LogP contribution in [0, 0.1) is 11.3 Å². The van der Waals surface area contributed by atoms with Gasteiger partial charge >= 0.3 is 0 Å². The van der Waals surface area contributed by atoms with E-state index in [1.165, 1.54) is 18.0 Å². The number of ether oxygens (including phenoxy) is 2. The lowest BCUT2D eigenvalue weighted by Gasteiger charge is -2.09. The summed E-state index contributed by atoms with van der Waals surface area (Å²) in [5, 5.41) is 9.60. The molecular formula is C14H11N3O2S. The van der Waals surface area contributed by atoms with Crippen LogP contribution in [0.4, 0.5) is 0 Å². The Morgan fingerprint density at radius 1 is 1.10 bits per heavy atom. The van der Waals surface area contributed by atoms with E-state index in [-0.39, 0.29) is 0 Å². The topological polar surface area (TPSA) is 68.0 Å². The van der Waals surface area contributed by atoms with Gasteiger partial charge in [-0.1, -0.05) is 11.8 Å². The summed E-state index contributed by atoms with van der Waals surface area (Å²) in [6, 6.07) is 7.75. The molecule has 3 rings (SSSR count). The Morgan fingerprint density at radius 3 is 2.75 bits per heavy atom. The first kappa shape index (κ1) is 12.8. The van der Waals surface area contributed by atoms with Gasteiger partial charge in [-0.05, 0) is 18.2 Å². The van der Waals surface area contributed by atoms with Crippen molar-refractivity contribution in [2.45, 2.75) is 16.3 Å². The van der Waals surface area contributed by atoms with E-state index in [4.69, 9.17) is 14.7 Å². The number of hydrogen-bond acceptors (Lipinski definition) is 6. The molecule has 100 valence electrons. The third-order valence-corrected chi connectivity index (χ3v) is 3.69. The number of rotatable bonds is 2. The summed E-state index contributed by atoms with van der Waals surface area (Å²) >= 11 is 1.39. The minimum absolute atomic E-state index is 0.324. The largest absolute Gasteiger partial charge is 0.490 e. The molecule has 0 spiro atoms. The minimum atomic E-state index is 0.324. The molecule has 5 nitrogen and oxygen atoms in total. The number of nitriles is 1. The molecule has 1 aromatic carbocycles. The highest BCUT2D eigenvalue weighted by atomic mass is 32.2. The summed E-state index contributed by atoms with van der Waals surface area (Å²) in [6.07, 6.45) is 3.96. The second-order valence-corrected chi connectivity index (χ2v) is 5.15. The van der Waals surface area contributed by atoms with Crippen LogP contribution in [0.1, 0.15) is 12.1 Å². The smallest absolute Gasteiger partial charge is 0.173 e. The van der Waals surface area contributed by atoms with E-state index in [1.54, 1.807) is 6.20 Å². The van der Waals surface area contributed by atoms with Crippen molar-refractivity contribution in [2.24, 2.45) is 0 Å². The van der Waals surface area contributed by atoms with E-state index >= 15 is 0 Å². The molecule has 0 radical (unpaired) electrons. The SMILES string of the molecule is N#Cc1nccnc1Sc1ccc2c(c1)OCCCO2. The second kappa shape index (κ2) is 5.80. The summed E-state index contributed by atoms with van der Waals surface area (Å²) in [5.74, 6) is 1.49. The number of benzene rings is 1. The normalized spacial score (nSPS) is 13.3. The van der Waals surface area contributed by atoms with Crippen LogP contribution in [0.25, 0.3) is 0 Å². The number of fused-ring (bicyclic) bond motifs is 1. The minimum Gasteiger partial charge on any atom is -0.490 e. The molecule has 0 N–H and O–H groups in total. The predicted octanol–water partition coefficient (Wildman–Crippen LogP) is 2.66. The zero-order valence-electron chi connectivity index (χ0n) is 10.6. The zero-order chi connectivity index (χ0) is 13.8. The molecule has 0 aliphatic carbocycles. The van der Waals surface area contributed by atoms with Gasteiger partial charge in [0.2, 0.25) is 0 Å². The molecule has 0 unspecified atom stereocenters. The van der Waals surface area contributed by atoms with Gasteiger partial charge < -0.3 is 9.47 Å². The van der Waals surface area contributed by atoms with E-state index in [9.17, 15) is 0 Å². The summed E-state index contributed by atoms with van der Waals surface area (Å²) in [7, 11) is 0. The molecule has 0 atom stereocenters. The molecule has 6 heteroatoms. The van der Waals surface area contributed by atoms with Crippen molar-refractivity contribution in [3.8, 4) is 17.6 Å². The maximum Gasteiger partial charge on any atom is 0.173 e. The maximum atomic E-state index is 9.02. The van der Waals surface area contributed by atoms with Gasteiger partial charge in [-0.15, -0.1) is 0 Å². The van der Waals surface area contributed by atoms with Crippen LogP contribution < -0.4 is 9.47 Å². The van der Waals surface area contributed by atoms with Crippen LogP contribution in [0.3, 0.4) is 0 Å². The van der Waals surface area contributed by atoms with Crippen LogP contribution in [-0.4, -0.2) is 23.2 Å². The van der Waals surface area contributed by atoms with Crippen molar-refractivity contribution in [1.29, 1.82) is 5.26 Å². The fraction of sp³-hybridized carbons (Fsp3) is 0.214. The molecule has 0 amide bonds. The van der Waals surface area contributed by atoms with Gasteiger partial charge in [0.05, 0.1) is 13.2 Å². The summed E-state index contributed by atoms with van der Waals surface area (Å²) in [6.45, 7) is 1.32. The maximum absolute atomic E-state index is 9.02. The van der Waals surface area contributed by atoms with E-state index < -0.39 is 0 Å². The highest BCUT2D eigenvalue weighted by molar-refractivity contribution is 7.99. The third-order valence-electron chi connectivity index (χ3n) is 2.70. The molecule has 1 aliphatic heterocycles.